The van der Waals surface area contributed by atoms with E-state index in [4.69, 9.17) is 8.83 Å². The first-order valence-electron chi connectivity index (χ1n) is 30.7. The van der Waals surface area contributed by atoms with Gasteiger partial charge in [0.25, 0.3) is 0 Å². The maximum absolute atomic E-state index is 7.44. The maximum Gasteiger partial charge on any atom is 0.140 e. The summed E-state index contributed by atoms with van der Waals surface area (Å²) in [5.74, 6) is 0. The first kappa shape index (κ1) is 56.3. The molecule has 11 aromatic carbocycles. The van der Waals surface area contributed by atoms with Gasteiger partial charge < -0.3 is 18.6 Å². The zero-order chi connectivity index (χ0) is 60.5. The molecule has 0 spiro atoms. The molecule has 0 amide bonds. The Hall–Kier alpha value is -8.86. The summed E-state index contributed by atoms with van der Waals surface area (Å²) in [4.78, 5) is 4.95. The fraction of sp³-hybridized carbons (Fsp3) is 0.244. The molecule has 13 aromatic rings. The molecular formula is C82H80N2O2. The van der Waals surface area contributed by atoms with Crippen LogP contribution in [0, 0.1) is 27.7 Å². The molecule has 0 fully saturated rings. The summed E-state index contributed by atoms with van der Waals surface area (Å²) >= 11 is 0. The van der Waals surface area contributed by atoms with E-state index in [0.29, 0.717) is 0 Å². The van der Waals surface area contributed by atoms with Gasteiger partial charge in [-0.15, -0.1) is 0 Å². The lowest BCUT2D eigenvalue weighted by atomic mass is 9.77. The molecule has 2 heterocycles. The van der Waals surface area contributed by atoms with E-state index in [1.165, 1.54) is 67.0 Å². The van der Waals surface area contributed by atoms with Crippen LogP contribution in [-0.2, 0) is 21.7 Å². The highest BCUT2D eigenvalue weighted by Crippen LogP contribution is 2.53. The molecule has 0 unspecified atom stereocenters. The lowest BCUT2D eigenvalue weighted by Crippen LogP contribution is -2.16. The van der Waals surface area contributed by atoms with E-state index >= 15 is 0 Å². The number of hydrogen-bond acceptors (Lipinski definition) is 4. The number of furan rings is 2. The third-order valence-corrected chi connectivity index (χ3v) is 18.0. The van der Waals surface area contributed by atoms with Gasteiger partial charge in [-0.2, -0.15) is 0 Å². The van der Waals surface area contributed by atoms with Gasteiger partial charge in [0, 0.05) is 66.8 Å². The van der Waals surface area contributed by atoms with Crippen molar-refractivity contribution in [3.05, 3.63) is 239 Å². The van der Waals surface area contributed by atoms with E-state index in [2.05, 4.69) is 315 Å². The summed E-state index contributed by atoms with van der Waals surface area (Å²) in [6.45, 7) is 36.6. The molecule has 0 aliphatic heterocycles. The van der Waals surface area contributed by atoms with Gasteiger partial charge in [-0.25, -0.2) is 0 Å². The molecule has 0 bridgehead atoms. The SMILES string of the molecule is Cc1ccc(-c2ccccc2)cc1N(c1ccc2cc3c(cc2c1)oc1c(C(C)(C)C)c2c(oc4cc5cc(N(c6cc(-c7ccccc7)ccc6C)c6cc(C(C)(C)C)ccc6C)ccc5cc42)c(C(C)(C)C)c13)c1cc(C(C)(C)C)ccc1C. The molecule has 0 atom stereocenters. The Morgan fingerprint density at radius 2 is 0.640 bits per heavy atom. The fourth-order valence-corrected chi connectivity index (χ4v) is 13.2. The van der Waals surface area contributed by atoms with Gasteiger partial charge >= 0.3 is 0 Å². The van der Waals surface area contributed by atoms with Crippen LogP contribution in [0.2, 0.25) is 0 Å². The van der Waals surface area contributed by atoms with Crippen molar-refractivity contribution >= 4 is 99.5 Å². The van der Waals surface area contributed by atoms with Gasteiger partial charge in [0.1, 0.15) is 22.3 Å². The normalized spacial score (nSPS) is 12.7. The second-order valence-electron chi connectivity index (χ2n) is 28.5. The molecule has 4 nitrogen and oxygen atoms in total. The zero-order valence-corrected chi connectivity index (χ0v) is 53.2. The predicted octanol–water partition coefficient (Wildman–Crippen LogP) is 24.5. The number of hydrogen-bond donors (Lipinski definition) is 0. The van der Waals surface area contributed by atoms with Crippen molar-refractivity contribution in [1.29, 1.82) is 0 Å². The van der Waals surface area contributed by atoms with Crippen molar-refractivity contribution in [3.63, 3.8) is 0 Å². The minimum atomic E-state index is -0.318. The van der Waals surface area contributed by atoms with E-state index in [-0.39, 0.29) is 21.7 Å². The number of rotatable bonds is 8. The lowest BCUT2D eigenvalue weighted by Gasteiger charge is -2.31. The van der Waals surface area contributed by atoms with Crippen molar-refractivity contribution < 1.29 is 8.83 Å². The standard InChI is InChI=1S/C82H80N2O2/c1-49-27-31-57(53-23-19-17-20-24-53)43-67(49)83(69-47-61(79(5,6)7)35-29-51(69)3)63-37-33-55-41-65-71(45-59(55)39-63)85-77-73(65)75(81(11,12)13)78-74(76(77)82(14,15)16)66-42-56-34-38-64(40-60(56)46-72(66)86-78)84(70-48-62(80(8,9)10)36-30-52(70)4)68-44-58(32-28-50(68)2)54-25-21-18-22-26-54/h17-48H,1-16H3. The molecule has 430 valence electrons. The van der Waals surface area contributed by atoms with Crippen LogP contribution in [0.3, 0.4) is 0 Å². The van der Waals surface area contributed by atoms with Crippen molar-refractivity contribution in [2.24, 2.45) is 0 Å². The zero-order valence-electron chi connectivity index (χ0n) is 53.2. The number of fused-ring (bicyclic) bond motifs is 8. The second-order valence-corrected chi connectivity index (χ2v) is 28.5. The highest BCUT2D eigenvalue weighted by atomic mass is 16.3. The number of aryl methyl sites for hydroxylation is 4. The summed E-state index contributed by atoms with van der Waals surface area (Å²) < 4.78 is 14.9. The summed E-state index contributed by atoms with van der Waals surface area (Å²) in [7, 11) is 0. The molecule has 0 saturated heterocycles. The number of nitrogens with zero attached hydrogens (tertiary/aromatic N) is 2. The Morgan fingerprint density at radius 3 is 0.988 bits per heavy atom. The lowest BCUT2D eigenvalue weighted by molar-refractivity contribution is 0.564. The van der Waals surface area contributed by atoms with Crippen molar-refractivity contribution in [2.45, 2.75) is 132 Å². The van der Waals surface area contributed by atoms with E-state index in [1.807, 2.05) is 0 Å². The monoisotopic (exact) mass is 1120 g/mol. The first-order chi connectivity index (χ1) is 40.8. The minimum absolute atomic E-state index is 0.0349. The van der Waals surface area contributed by atoms with E-state index in [9.17, 15) is 0 Å². The van der Waals surface area contributed by atoms with Gasteiger partial charge in [0.2, 0.25) is 0 Å². The Labute approximate surface area is 508 Å². The van der Waals surface area contributed by atoms with Crippen LogP contribution >= 0.6 is 0 Å². The Kier molecular flexibility index (Phi) is 13.4. The average molecular weight is 1130 g/mol. The molecule has 0 radical (unpaired) electrons. The van der Waals surface area contributed by atoms with Gasteiger partial charge in [-0.1, -0.05) is 204 Å². The third-order valence-electron chi connectivity index (χ3n) is 18.0. The third kappa shape index (κ3) is 9.81. The summed E-state index contributed by atoms with van der Waals surface area (Å²) in [6.07, 6.45) is 0. The van der Waals surface area contributed by atoms with Crippen LogP contribution in [0.5, 0.6) is 0 Å². The average Bonchev–Trinajstić information content (AvgIpc) is 1.56. The Bertz CT molecular complexity index is 4520. The fourth-order valence-electron chi connectivity index (χ4n) is 13.2. The quantitative estimate of drug-likeness (QED) is 0.152. The van der Waals surface area contributed by atoms with Crippen molar-refractivity contribution in [3.8, 4) is 22.3 Å². The Balaban J connectivity index is 1.00. The predicted molar refractivity (Wildman–Crippen MR) is 370 cm³/mol. The molecule has 0 aliphatic rings. The molecule has 4 heteroatoms. The summed E-state index contributed by atoms with van der Waals surface area (Å²) in [6, 6.07) is 72.3. The van der Waals surface area contributed by atoms with Crippen molar-refractivity contribution in [2.75, 3.05) is 9.80 Å². The number of anilines is 6. The van der Waals surface area contributed by atoms with Crippen LogP contribution in [0.1, 0.15) is 128 Å². The first-order valence-corrected chi connectivity index (χ1v) is 30.7. The molecule has 0 saturated carbocycles. The largest absolute Gasteiger partial charge is 0.456 e. The van der Waals surface area contributed by atoms with Crippen LogP contribution in [0.15, 0.2) is 203 Å². The van der Waals surface area contributed by atoms with Gasteiger partial charge in [-0.3, -0.25) is 0 Å². The van der Waals surface area contributed by atoms with Crippen LogP contribution in [-0.4, -0.2) is 0 Å². The molecule has 0 N–H and O–H groups in total. The van der Waals surface area contributed by atoms with Crippen molar-refractivity contribution in [1.82, 2.24) is 0 Å². The highest BCUT2D eigenvalue weighted by Gasteiger charge is 2.35. The Morgan fingerprint density at radius 1 is 0.291 bits per heavy atom. The molecule has 2 aromatic heterocycles. The van der Waals surface area contributed by atoms with E-state index < -0.39 is 0 Å². The van der Waals surface area contributed by atoms with Gasteiger partial charge in [0.05, 0.1) is 0 Å². The maximum atomic E-state index is 7.44. The molecule has 86 heavy (non-hydrogen) atoms. The van der Waals surface area contributed by atoms with Crippen LogP contribution < -0.4 is 9.80 Å². The van der Waals surface area contributed by atoms with Gasteiger partial charge in [0.15, 0.2) is 0 Å². The topological polar surface area (TPSA) is 32.8 Å². The number of benzene rings is 11. The van der Waals surface area contributed by atoms with Crippen LogP contribution in [0.25, 0.3) is 87.7 Å². The highest BCUT2D eigenvalue weighted by molar-refractivity contribution is 6.23. The van der Waals surface area contributed by atoms with Gasteiger partial charge in [-0.05, 0) is 199 Å². The molecule has 0 aliphatic carbocycles. The van der Waals surface area contributed by atoms with E-state index in [1.54, 1.807) is 0 Å². The molecular weight excluding hydrogens is 1040 g/mol. The van der Waals surface area contributed by atoms with E-state index in [0.717, 1.165) is 99.3 Å². The van der Waals surface area contributed by atoms with Crippen LogP contribution in [0.4, 0.5) is 34.1 Å². The summed E-state index contributed by atoms with van der Waals surface area (Å²) in [5, 5.41) is 8.99. The molecule has 13 rings (SSSR count). The summed E-state index contributed by atoms with van der Waals surface area (Å²) in [5.41, 5.74) is 24.2. The smallest absolute Gasteiger partial charge is 0.140 e. The minimum Gasteiger partial charge on any atom is -0.456 e. The second kappa shape index (κ2) is 20.4.